The molecule has 0 saturated heterocycles. The van der Waals surface area contributed by atoms with Gasteiger partial charge in [0.1, 0.15) is 6.10 Å². The fourth-order valence-corrected chi connectivity index (χ4v) is 4.78. The number of ether oxygens (including phenoxy) is 2. The van der Waals surface area contributed by atoms with Crippen LogP contribution in [0, 0.1) is 6.42 Å². The lowest BCUT2D eigenvalue weighted by atomic mass is 10.0. The summed E-state index contributed by atoms with van der Waals surface area (Å²) in [7, 11) is 4.07. The molecule has 1 unspecified atom stereocenters. The first-order valence-corrected chi connectivity index (χ1v) is 16.5. The predicted octanol–water partition coefficient (Wildman–Crippen LogP) is 10.8. The topological polar surface area (TPSA) is 38.8 Å². The number of carbonyl (C=O) groups excluding carboxylic acids is 1. The minimum atomic E-state index is -0.474. The number of nitrogens with zero attached hydrogens (tertiary/aromatic N) is 1. The maximum atomic E-state index is 12.2. The number of hydrogen-bond donors (Lipinski definition) is 0. The second-order valence-electron chi connectivity index (χ2n) is 11.4. The van der Waals surface area contributed by atoms with E-state index in [9.17, 15) is 4.79 Å². The first-order valence-electron chi connectivity index (χ1n) is 16.5. The van der Waals surface area contributed by atoms with Crippen LogP contribution in [0.1, 0.15) is 162 Å². The molecular formula is C34H66NO3. The summed E-state index contributed by atoms with van der Waals surface area (Å²) in [6.45, 7) is 5.89. The summed E-state index contributed by atoms with van der Waals surface area (Å²) in [5.74, 6) is 0. The minimum Gasteiger partial charge on any atom is -0.434 e. The summed E-state index contributed by atoms with van der Waals surface area (Å²) >= 11 is 0. The van der Waals surface area contributed by atoms with Crippen LogP contribution in [-0.2, 0) is 9.47 Å². The standard InChI is InChI=1S/C34H66NO3/c1-5-7-9-11-13-15-16-17-18-19-20-21-23-25-27-30-33(29-26-24-22-14-12-10-8-6-2)38-34(36)37-32-28-31-35(3)4/h15,17-18,33H,5-14,16,19-32H2,1-4H3/b18-17-. The van der Waals surface area contributed by atoms with Crippen LogP contribution in [0.3, 0.4) is 0 Å². The Morgan fingerprint density at radius 1 is 0.658 bits per heavy atom. The van der Waals surface area contributed by atoms with Crippen LogP contribution in [0.15, 0.2) is 12.2 Å². The molecule has 0 N–H and O–H groups in total. The molecule has 4 nitrogen and oxygen atoms in total. The fraction of sp³-hybridized carbons (Fsp3) is 0.882. The minimum absolute atomic E-state index is 0.0117. The Balaban J connectivity index is 3.98. The van der Waals surface area contributed by atoms with E-state index < -0.39 is 6.16 Å². The maximum Gasteiger partial charge on any atom is 0.508 e. The Morgan fingerprint density at radius 2 is 1.18 bits per heavy atom. The Morgan fingerprint density at radius 3 is 1.79 bits per heavy atom. The summed E-state index contributed by atoms with van der Waals surface area (Å²) in [5, 5.41) is 0. The number of allylic oxidation sites excluding steroid dienone is 2. The SMILES string of the molecule is CCCCCC[CH]C/C=C\CCCCCCCC(CCCCCCCCCC)OC(=O)OCCCN(C)C. The zero-order valence-corrected chi connectivity index (χ0v) is 26.2. The van der Waals surface area contributed by atoms with Gasteiger partial charge in [0.15, 0.2) is 0 Å². The second kappa shape index (κ2) is 30.5. The molecule has 1 radical (unpaired) electrons. The Kier molecular flexibility index (Phi) is 29.7. The molecule has 0 spiro atoms. The zero-order valence-electron chi connectivity index (χ0n) is 26.2. The van der Waals surface area contributed by atoms with Crippen molar-refractivity contribution in [3.8, 4) is 0 Å². The van der Waals surface area contributed by atoms with Crippen LogP contribution >= 0.6 is 0 Å². The second-order valence-corrected chi connectivity index (χ2v) is 11.4. The van der Waals surface area contributed by atoms with Crippen molar-refractivity contribution in [2.45, 2.75) is 168 Å². The van der Waals surface area contributed by atoms with Gasteiger partial charge >= 0.3 is 6.16 Å². The molecule has 4 heteroatoms. The predicted molar refractivity (Wildman–Crippen MR) is 166 cm³/mol. The molecular weight excluding hydrogens is 470 g/mol. The smallest absolute Gasteiger partial charge is 0.434 e. The van der Waals surface area contributed by atoms with Crippen molar-refractivity contribution in [2.24, 2.45) is 0 Å². The Bertz CT molecular complexity index is 506. The van der Waals surface area contributed by atoms with Crippen molar-refractivity contribution in [3.63, 3.8) is 0 Å². The summed E-state index contributed by atoms with van der Waals surface area (Å²) < 4.78 is 11.1. The van der Waals surface area contributed by atoms with Crippen molar-refractivity contribution >= 4 is 6.16 Å². The molecule has 0 aromatic carbocycles. The van der Waals surface area contributed by atoms with Gasteiger partial charge in [0.2, 0.25) is 0 Å². The molecule has 0 aromatic heterocycles. The number of carbonyl (C=O) groups is 1. The van der Waals surface area contributed by atoms with Crippen LogP contribution in [0.5, 0.6) is 0 Å². The molecule has 0 rings (SSSR count). The van der Waals surface area contributed by atoms with Gasteiger partial charge in [0.25, 0.3) is 0 Å². The number of hydrogen-bond acceptors (Lipinski definition) is 4. The van der Waals surface area contributed by atoms with Gasteiger partial charge in [-0.1, -0.05) is 116 Å². The molecule has 0 aliphatic carbocycles. The van der Waals surface area contributed by atoms with E-state index in [2.05, 4.69) is 37.3 Å². The Labute approximate surface area is 238 Å². The van der Waals surface area contributed by atoms with E-state index in [1.165, 1.54) is 109 Å². The van der Waals surface area contributed by atoms with Crippen LogP contribution in [-0.4, -0.2) is 44.4 Å². The van der Waals surface area contributed by atoms with Crippen LogP contribution < -0.4 is 0 Å². The van der Waals surface area contributed by atoms with Crippen molar-refractivity contribution < 1.29 is 14.3 Å². The van der Waals surface area contributed by atoms with Gasteiger partial charge in [-0.15, -0.1) is 0 Å². The lowest BCUT2D eigenvalue weighted by Gasteiger charge is -2.18. The molecule has 0 fully saturated rings. The molecule has 1 atom stereocenters. The quantitative estimate of drug-likeness (QED) is 0.0541. The molecule has 0 aliphatic heterocycles. The maximum absolute atomic E-state index is 12.2. The van der Waals surface area contributed by atoms with Crippen LogP contribution in [0.4, 0.5) is 4.79 Å². The van der Waals surface area contributed by atoms with Gasteiger partial charge in [-0.25, -0.2) is 4.79 Å². The van der Waals surface area contributed by atoms with E-state index in [-0.39, 0.29) is 6.10 Å². The summed E-state index contributed by atoms with van der Waals surface area (Å²) in [4.78, 5) is 14.3. The van der Waals surface area contributed by atoms with Crippen molar-refractivity contribution in [3.05, 3.63) is 18.6 Å². The highest BCUT2D eigenvalue weighted by atomic mass is 16.7. The molecule has 0 saturated carbocycles. The van der Waals surface area contributed by atoms with Crippen LogP contribution in [0.2, 0.25) is 0 Å². The molecule has 38 heavy (non-hydrogen) atoms. The monoisotopic (exact) mass is 537 g/mol. The Hall–Kier alpha value is -1.03. The van der Waals surface area contributed by atoms with Crippen molar-refractivity contribution in [1.29, 1.82) is 0 Å². The molecule has 0 bridgehead atoms. The van der Waals surface area contributed by atoms with E-state index in [0.29, 0.717) is 6.61 Å². The van der Waals surface area contributed by atoms with E-state index in [1.54, 1.807) is 0 Å². The van der Waals surface area contributed by atoms with Gasteiger partial charge in [-0.3, -0.25) is 0 Å². The van der Waals surface area contributed by atoms with Crippen molar-refractivity contribution in [2.75, 3.05) is 27.2 Å². The normalized spacial score (nSPS) is 12.4. The van der Waals surface area contributed by atoms with E-state index >= 15 is 0 Å². The fourth-order valence-electron chi connectivity index (χ4n) is 4.78. The first kappa shape index (κ1) is 37.0. The molecule has 225 valence electrons. The third-order valence-electron chi connectivity index (χ3n) is 7.24. The summed E-state index contributed by atoms with van der Waals surface area (Å²) in [5.41, 5.74) is 0. The lowest BCUT2D eigenvalue weighted by Crippen LogP contribution is -2.21. The summed E-state index contributed by atoms with van der Waals surface area (Å²) in [6.07, 6.45) is 35.1. The average Bonchev–Trinajstić information content (AvgIpc) is 2.90. The molecule has 0 aliphatic rings. The highest BCUT2D eigenvalue weighted by Gasteiger charge is 2.15. The van der Waals surface area contributed by atoms with Gasteiger partial charge in [0, 0.05) is 6.54 Å². The van der Waals surface area contributed by atoms with Crippen LogP contribution in [0.25, 0.3) is 0 Å². The van der Waals surface area contributed by atoms with E-state index in [0.717, 1.165) is 45.1 Å². The third-order valence-corrected chi connectivity index (χ3v) is 7.24. The van der Waals surface area contributed by atoms with Gasteiger partial charge < -0.3 is 14.4 Å². The average molecular weight is 537 g/mol. The number of rotatable bonds is 29. The summed E-state index contributed by atoms with van der Waals surface area (Å²) in [6, 6.07) is 0. The van der Waals surface area contributed by atoms with Crippen molar-refractivity contribution in [1.82, 2.24) is 4.90 Å². The van der Waals surface area contributed by atoms with Gasteiger partial charge in [-0.05, 0) is 78.3 Å². The van der Waals surface area contributed by atoms with E-state index in [4.69, 9.17) is 9.47 Å². The molecule has 0 amide bonds. The van der Waals surface area contributed by atoms with E-state index in [1.807, 2.05) is 14.1 Å². The highest BCUT2D eigenvalue weighted by molar-refractivity contribution is 5.60. The first-order chi connectivity index (χ1) is 18.6. The number of unbranched alkanes of at least 4 members (excludes halogenated alkanes) is 18. The lowest BCUT2D eigenvalue weighted by molar-refractivity contribution is 0.0150. The molecule has 0 heterocycles. The van der Waals surface area contributed by atoms with Gasteiger partial charge in [-0.2, -0.15) is 0 Å². The van der Waals surface area contributed by atoms with Gasteiger partial charge in [0.05, 0.1) is 6.61 Å². The molecule has 0 aromatic rings. The largest absolute Gasteiger partial charge is 0.508 e. The zero-order chi connectivity index (χ0) is 27.9. The third kappa shape index (κ3) is 29.5. The highest BCUT2D eigenvalue weighted by Crippen LogP contribution is 2.18.